The molecule has 0 spiro atoms. The Morgan fingerprint density at radius 1 is 1.06 bits per heavy atom. The summed E-state index contributed by atoms with van der Waals surface area (Å²) in [6, 6.07) is 10.4. The van der Waals surface area contributed by atoms with Gasteiger partial charge in [0.25, 0.3) is 0 Å². The van der Waals surface area contributed by atoms with Crippen molar-refractivity contribution in [2.75, 3.05) is 0 Å². The summed E-state index contributed by atoms with van der Waals surface area (Å²) in [4.78, 5) is 0. The predicted molar refractivity (Wildman–Crippen MR) is 76.2 cm³/mol. The van der Waals surface area contributed by atoms with Gasteiger partial charge in [0, 0.05) is 0 Å². The molecule has 1 aliphatic carbocycles. The molecule has 0 bridgehead atoms. The number of hydrogen-bond donors (Lipinski definition) is 0. The first-order chi connectivity index (χ1) is 6.95. The Labute approximate surface area is 122 Å². The molecule has 0 N–H and O–H groups in total. The van der Waals surface area contributed by atoms with Crippen molar-refractivity contribution in [1.29, 1.82) is 0 Å². The Bertz CT molecular complexity index is 375. The van der Waals surface area contributed by atoms with Gasteiger partial charge in [-0.25, -0.2) is 0 Å². The van der Waals surface area contributed by atoms with Gasteiger partial charge in [0.15, 0.2) is 0 Å². The van der Waals surface area contributed by atoms with Gasteiger partial charge in [-0.3, -0.25) is 0 Å². The molecule has 0 saturated heterocycles. The molecule has 0 fully saturated rings. The Morgan fingerprint density at radius 2 is 1.81 bits per heavy atom. The molecule has 0 unspecified atom stereocenters. The molecule has 0 saturated carbocycles. The first kappa shape index (κ1) is 15.6. The molecule has 0 heterocycles. The van der Waals surface area contributed by atoms with Crippen LogP contribution in [0.1, 0.15) is 18.4 Å². The fourth-order valence-electron chi connectivity index (χ4n) is 1.55. The van der Waals surface area contributed by atoms with Gasteiger partial charge in [-0.1, -0.05) is 66.3 Å². The van der Waals surface area contributed by atoms with E-state index in [9.17, 15) is 0 Å². The van der Waals surface area contributed by atoms with Gasteiger partial charge in [-0.15, -0.1) is 0 Å². The van der Waals surface area contributed by atoms with Crippen LogP contribution in [0.15, 0.2) is 60.2 Å². The van der Waals surface area contributed by atoms with Crippen LogP contribution in [0.5, 0.6) is 0 Å². The molecule has 0 nitrogen and oxygen atoms in total. The van der Waals surface area contributed by atoms with Crippen LogP contribution in [0.4, 0.5) is 0 Å². The number of benzene rings is 1. The third-order valence-corrected chi connectivity index (χ3v) is 2.34. The summed E-state index contributed by atoms with van der Waals surface area (Å²) in [7, 11) is 0. The van der Waals surface area contributed by atoms with Crippen molar-refractivity contribution >= 4 is 43.8 Å². The zero-order chi connectivity index (χ0) is 9.64. The summed E-state index contributed by atoms with van der Waals surface area (Å²) < 4.78 is 0. The predicted octanol–water partition coefficient (Wildman–Crippen LogP) is 2.68. The monoisotopic (exact) mass is 198 g/mol. The Hall–Kier alpha value is -0.365. The molecule has 0 aliphatic heterocycles. The van der Waals surface area contributed by atoms with E-state index in [0.29, 0.717) is 0 Å². The molecular weight excluding hydrogens is 182 g/mol. The third-order valence-electron chi connectivity index (χ3n) is 2.34. The zero-order valence-corrected chi connectivity index (χ0v) is 8.19. The molecule has 74 valence electrons. The topological polar surface area (TPSA) is 0 Å². The average Bonchev–Trinajstić information content (AvgIpc) is 2.72. The first-order valence-electron chi connectivity index (χ1n) is 5.01. The van der Waals surface area contributed by atoms with Gasteiger partial charge < -0.3 is 0 Å². The average molecular weight is 198 g/mol. The van der Waals surface area contributed by atoms with E-state index in [2.05, 4.69) is 54.6 Å². The zero-order valence-electron chi connectivity index (χ0n) is 8.19. The summed E-state index contributed by atoms with van der Waals surface area (Å²) >= 11 is 0. The molecule has 2 rings (SSSR count). The standard InChI is InChI=1S/C14H14.2Li.2H/c1-2-7-13(8-3-1)11-6-12-14-9-4-5-10-14;;;;/h1-9,11H,10,12H2;;;;. The second-order valence-corrected chi connectivity index (χ2v) is 3.47. The maximum atomic E-state index is 2.23. The van der Waals surface area contributed by atoms with E-state index in [0.717, 1.165) is 12.8 Å². The van der Waals surface area contributed by atoms with Crippen molar-refractivity contribution in [2.45, 2.75) is 12.8 Å². The van der Waals surface area contributed by atoms with E-state index < -0.39 is 0 Å². The third kappa shape index (κ3) is 5.11. The fourth-order valence-corrected chi connectivity index (χ4v) is 1.55. The Morgan fingerprint density at radius 3 is 2.44 bits per heavy atom. The summed E-state index contributed by atoms with van der Waals surface area (Å²) in [6.07, 6.45) is 13.1. The molecule has 1 aromatic carbocycles. The molecule has 1 aromatic rings. The summed E-state index contributed by atoms with van der Waals surface area (Å²) in [5.74, 6) is 0. The molecule has 0 atom stereocenters. The van der Waals surface area contributed by atoms with Gasteiger partial charge in [-0.05, 0) is 18.4 Å². The van der Waals surface area contributed by atoms with Crippen molar-refractivity contribution in [3.63, 3.8) is 0 Å². The first-order valence-corrected chi connectivity index (χ1v) is 5.01. The normalized spacial score (nSPS) is 13.1. The number of rotatable bonds is 3. The molecule has 0 radical (unpaired) electrons. The van der Waals surface area contributed by atoms with Crippen LogP contribution in [0, 0.1) is 0 Å². The SMILES string of the molecule is C1=CCC(CC=Cc2ccccc2)=C1.[LiH].[LiH]. The van der Waals surface area contributed by atoms with Crippen LogP contribution in [-0.4, -0.2) is 37.7 Å². The van der Waals surface area contributed by atoms with Crippen molar-refractivity contribution in [1.82, 2.24) is 0 Å². The van der Waals surface area contributed by atoms with E-state index in [1.54, 1.807) is 0 Å². The van der Waals surface area contributed by atoms with Crippen molar-refractivity contribution in [2.24, 2.45) is 0 Å². The quantitative estimate of drug-likeness (QED) is 0.655. The van der Waals surface area contributed by atoms with Crippen LogP contribution in [0.2, 0.25) is 0 Å². The molecule has 0 amide bonds. The van der Waals surface area contributed by atoms with Gasteiger partial charge >= 0.3 is 37.7 Å². The summed E-state index contributed by atoms with van der Waals surface area (Å²) in [5, 5.41) is 0. The van der Waals surface area contributed by atoms with Crippen LogP contribution in [-0.2, 0) is 0 Å². The molecule has 16 heavy (non-hydrogen) atoms. The number of hydrogen-bond acceptors (Lipinski definition) is 0. The van der Waals surface area contributed by atoms with E-state index in [4.69, 9.17) is 0 Å². The van der Waals surface area contributed by atoms with Crippen LogP contribution in [0.25, 0.3) is 6.08 Å². The van der Waals surface area contributed by atoms with Gasteiger partial charge in [0.1, 0.15) is 0 Å². The fraction of sp³-hybridized carbons (Fsp3) is 0.143. The second-order valence-electron chi connectivity index (χ2n) is 3.47. The second kappa shape index (κ2) is 8.75. The van der Waals surface area contributed by atoms with Crippen LogP contribution < -0.4 is 0 Å². The maximum absolute atomic E-state index is 2.23. The van der Waals surface area contributed by atoms with Crippen LogP contribution >= 0.6 is 0 Å². The van der Waals surface area contributed by atoms with E-state index in [-0.39, 0.29) is 37.7 Å². The van der Waals surface area contributed by atoms with Crippen molar-refractivity contribution < 1.29 is 0 Å². The summed E-state index contributed by atoms with van der Waals surface area (Å²) in [5.41, 5.74) is 2.77. The minimum atomic E-state index is 0. The minimum absolute atomic E-state index is 0. The van der Waals surface area contributed by atoms with Gasteiger partial charge in [0.2, 0.25) is 0 Å². The van der Waals surface area contributed by atoms with Crippen molar-refractivity contribution in [3.8, 4) is 0 Å². The molecule has 1 aliphatic rings. The Balaban J connectivity index is 0.00000112. The van der Waals surface area contributed by atoms with Crippen molar-refractivity contribution in [3.05, 3.63) is 65.8 Å². The van der Waals surface area contributed by atoms with E-state index in [1.807, 2.05) is 6.07 Å². The van der Waals surface area contributed by atoms with E-state index >= 15 is 0 Å². The van der Waals surface area contributed by atoms with Gasteiger partial charge in [0.05, 0.1) is 0 Å². The molecule has 2 heteroatoms. The number of allylic oxidation sites excluding steroid dienone is 5. The molecule has 0 aromatic heterocycles. The molecular formula is C14H16Li2. The van der Waals surface area contributed by atoms with Crippen LogP contribution in [0.3, 0.4) is 0 Å². The van der Waals surface area contributed by atoms with E-state index in [1.165, 1.54) is 11.1 Å². The van der Waals surface area contributed by atoms with Gasteiger partial charge in [-0.2, -0.15) is 0 Å². The Kier molecular flexibility index (Phi) is 8.55. The summed E-state index contributed by atoms with van der Waals surface area (Å²) in [6.45, 7) is 0.